The van der Waals surface area contributed by atoms with Crippen LogP contribution in [0.3, 0.4) is 0 Å². The van der Waals surface area contributed by atoms with Gasteiger partial charge < -0.3 is 9.64 Å². The van der Waals surface area contributed by atoms with Crippen molar-refractivity contribution >= 4 is 0 Å². The molecule has 1 heterocycles. The summed E-state index contributed by atoms with van der Waals surface area (Å²) >= 11 is 0. The number of allylic oxidation sites excluding steroid dienone is 1. The Labute approximate surface area is 80.9 Å². The molecular weight excluding hydrogens is 162 g/mol. The van der Waals surface area contributed by atoms with Crippen molar-refractivity contribution in [2.45, 2.75) is 33.1 Å². The molecule has 1 aliphatic rings. The molecule has 0 aromatic rings. The van der Waals surface area contributed by atoms with Crippen LogP contribution in [0.1, 0.15) is 33.1 Å². The monoisotopic (exact) mass is 180 g/mol. The van der Waals surface area contributed by atoms with Crippen molar-refractivity contribution in [1.29, 1.82) is 0 Å². The Bertz CT molecular complexity index is 196. The SMILES string of the molecule is CCCCN(CC)C1=[C]OC=CC1. The van der Waals surface area contributed by atoms with E-state index in [2.05, 4.69) is 25.0 Å². The molecule has 0 aromatic heterocycles. The number of rotatable bonds is 5. The van der Waals surface area contributed by atoms with E-state index >= 15 is 0 Å². The number of nitrogens with zero attached hydrogens (tertiary/aromatic N) is 1. The molecule has 0 atom stereocenters. The van der Waals surface area contributed by atoms with E-state index < -0.39 is 0 Å². The molecule has 1 rings (SSSR count). The zero-order chi connectivity index (χ0) is 9.52. The fourth-order valence-corrected chi connectivity index (χ4v) is 1.38. The molecule has 0 saturated carbocycles. The standard InChI is InChI=1S/C11H18NO/c1-3-5-8-12(4-2)11-7-6-9-13-10-11/h6,9H,3-5,7-8H2,1-2H3. The smallest absolute Gasteiger partial charge is 0.190 e. The minimum atomic E-state index is 0.956. The Kier molecular flexibility index (Phi) is 4.44. The van der Waals surface area contributed by atoms with Crippen LogP contribution in [-0.4, -0.2) is 18.0 Å². The van der Waals surface area contributed by atoms with Crippen molar-refractivity contribution in [2.75, 3.05) is 13.1 Å². The number of unbranched alkanes of at least 4 members (excludes halogenated alkanes) is 1. The summed E-state index contributed by atoms with van der Waals surface area (Å²) in [6.45, 7) is 6.54. The average molecular weight is 180 g/mol. The summed E-state index contributed by atoms with van der Waals surface area (Å²) in [7, 11) is 0. The number of hydrogen-bond acceptors (Lipinski definition) is 2. The molecule has 1 aliphatic heterocycles. The highest BCUT2D eigenvalue weighted by molar-refractivity contribution is 5.03. The third-order valence-electron chi connectivity index (χ3n) is 2.20. The van der Waals surface area contributed by atoms with E-state index in [4.69, 9.17) is 4.74 Å². The van der Waals surface area contributed by atoms with Crippen molar-refractivity contribution in [3.05, 3.63) is 24.3 Å². The summed E-state index contributed by atoms with van der Waals surface area (Å²) in [5, 5.41) is 0. The van der Waals surface area contributed by atoms with Gasteiger partial charge in [-0.3, -0.25) is 0 Å². The van der Waals surface area contributed by atoms with E-state index in [-0.39, 0.29) is 0 Å². The van der Waals surface area contributed by atoms with Gasteiger partial charge in [-0.05, 0) is 19.4 Å². The molecule has 0 amide bonds. The third kappa shape index (κ3) is 3.13. The molecule has 0 saturated heterocycles. The zero-order valence-electron chi connectivity index (χ0n) is 8.55. The Balaban J connectivity index is 2.40. The summed E-state index contributed by atoms with van der Waals surface area (Å²) in [5.74, 6) is 0. The second-order valence-corrected chi connectivity index (χ2v) is 3.18. The largest absolute Gasteiger partial charge is 0.459 e. The second kappa shape index (κ2) is 5.68. The Hall–Kier alpha value is -0.920. The van der Waals surface area contributed by atoms with Gasteiger partial charge in [0.25, 0.3) is 0 Å². The lowest BCUT2D eigenvalue weighted by molar-refractivity contribution is 0.289. The van der Waals surface area contributed by atoms with Crippen LogP contribution in [0, 0.1) is 6.26 Å². The van der Waals surface area contributed by atoms with E-state index in [1.54, 1.807) is 6.26 Å². The Morgan fingerprint density at radius 1 is 1.54 bits per heavy atom. The van der Waals surface area contributed by atoms with Crippen molar-refractivity contribution in [2.24, 2.45) is 0 Å². The molecule has 0 bridgehead atoms. The lowest BCUT2D eigenvalue weighted by Crippen LogP contribution is -2.24. The molecule has 0 aliphatic carbocycles. The third-order valence-corrected chi connectivity index (χ3v) is 2.20. The Morgan fingerprint density at radius 2 is 2.38 bits per heavy atom. The summed E-state index contributed by atoms with van der Waals surface area (Å²) in [5.41, 5.74) is 1.18. The van der Waals surface area contributed by atoms with Gasteiger partial charge in [0.1, 0.15) is 0 Å². The van der Waals surface area contributed by atoms with Crippen LogP contribution in [-0.2, 0) is 4.74 Å². The molecular formula is C11H18NO. The van der Waals surface area contributed by atoms with Gasteiger partial charge in [-0.1, -0.05) is 13.3 Å². The predicted molar refractivity (Wildman–Crippen MR) is 53.8 cm³/mol. The summed E-state index contributed by atoms with van der Waals surface area (Å²) in [6, 6.07) is 0. The lowest BCUT2D eigenvalue weighted by Gasteiger charge is -2.25. The van der Waals surface area contributed by atoms with Crippen LogP contribution >= 0.6 is 0 Å². The van der Waals surface area contributed by atoms with E-state index in [1.807, 2.05) is 6.08 Å². The van der Waals surface area contributed by atoms with E-state index in [1.165, 1.54) is 18.5 Å². The maximum atomic E-state index is 5.04. The molecule has 13 heavy (non-hydrogen) atoms. The highest BCUT2D eigenvalue weighted by atomic mass is 16.5. The zero-order valence-corrected chi connectivity index (χ0v) is 8.55. The number of ether oxygens (including phenoxy) is 1. The van der Waals surface area contributed by atoms with Gasteiger partial charge >= 0.3 is 0 Å². The topological polar surface area (TPSA) is 12.5 Å². The first kappa shape index (κ1) is 10.2. The van der Waals surface area contributed by atoms with Gasteiger partial charge in [0.15, 0.2) is 6.26 Å². The van der Waals surface area contributed by atoms with Gasteiger partial charge in [0.2, 0.25) is 0 Å². The van der Waals surface area contributed by atoms with Crippen molar-refractivity contribution in [3.8, 4) is 0 Å². The predicted octanol–water partition coefficient (Wildman–Crippen LogP) is 2.69. The molecule has 1 radical (unpaired) electrons. The van der Waals surface area contributed by atoms with Crippen molar-refractivity contribution in [1.82, 2.24) is 4.90 Å². The first-order valence-electron chi connectivity index (χ1n) is 5.06. The fraction of sp³-hybridized carbons (Fsp3) is 0.636. The quantitative estimate of drug-likeness (QED) is 0.645. The van der Waals surface area contributed by atoms with Crippen LogP contribution in [0.15, 0.2) is 18.0 Å². The van der Waals surface area contributed by atoms with Gasteiger partial charge in [-0.25, -0.2) is 0 Å². The summed E-state index contributed by atoms with van der Waals surface area (Å²) < 4.78 is 5.04. The minimum Gasteiger partial charge on any atom is -0.459 e. The normalized spacial score (nSPS) is 15.1. The molecule has 0 N–H and O–H groups in total. The second-order valence-electron chi connectivity index (χ2n) is 3.18. The number of hydrogen-bond donors (Lipinski definition) is 0. The molecule has 0 spiro atoms. The Morgan fingerprint density at radius 3 is 2.92 bits per heavy atom. The van der Waals surface area contributed by atoms with Crippen LogP contribution in [0.5, 0.6) is 0 Å². The average Bonchev–Trinajstić information content (AvgIpc) is 2.21. The van der Waals surface area contributed by atoms with Gasteiger partial charge in [-0.15, -0.1) is 0 Å². The lowest BCUT2D eigenvalue weighted by atomic mass is 10.2. The van der Waals surface area contributed by atoms with Gasteiger partial charge in [0.05, 0.1) is 12.0 Å². The molecule has 0 aromatic carbocycles. The van der Waals surface area contributed by atoms with Crippen LogP contribution in [0.4, 0.5) is 0 Å². The van der Waals surface area contributed by atoms with Crippen LogP contribution in [0.2, 0.25) is 0 Å². The van der Waals surface area contributed by atoms with Gasteiger partial charge in [-0.2, -0.15) is 0 Å². The molecule has 2 heteroatoms. The molecule has 0 fully saturated rings. The maximum Gasteiger partial charge on any atom is 0.190 e. The first-order chi connectivity index (χ1) is 6.38. The fourth-order valence-electron chi connectivity index (χ4n) is 1.38. The van der Waals surface area contributed by atoms with Crippen LogP contribution in [0.25, 0.3) is 0 Å². The highest BCUT2D eigenvalue weighted by Crippen LogP contribution is 2.14. The molecule has 0 unspecified atom stereocenters. The first-order valence-corrected chi connectivity index (χ1v) is 5.06. The van der Waals surface area contributed by atoms with Crippen molar-refractivity contribution < 1.29 is 4.74 Å². The van der Waals surface area contributed by atoms with E-state index in [9.17, 15) is 0 Å². The minimum absolute atomic E-state index is 0.956. The van der Waals surface area contributed by atoms with Crippen molar-refractivity contribution in [3.63, 3.8) is 0 Å². The molecule has 73 valence electrons. The highest BCUT2D eigenvalue weighted by Gasteiger charge is 2.08. The van der Waals surface area contributed by atoms with Crippen LogP contribution < -0.4 is 0 Å². The van der Waals surface area contributed by atoms with Gasteiger partial charge in [0, 0.05) is 19.5 Å². The maximum absolute atomic E-state index is 5.04. The summed E-state index contributed by atoms with van der Waals surface area (Å²) in [4.78, 5) is 2.33. The van der Waals surface area contributed by atoms with E-state index in [0.717, 1.165) is 19.5 Å². The molecule has 2 nitrogen and oxygen atoms in total. The summed E-state index contributed by atoms with van der Waals surface area (Å²) in [6.07, 6.45) is 10.1. The van der Waals surface area contributed by atoms with E-state index in [0.29, 0.717) is 0 Å².